The van der Waals surface area contributed by atoms with Crippen LogP contribution in [0.2, 0.25) is 0 Å². The van der Waals surface area contributed by atoms with Gasteiger partial charge in [0, 0.05) is 19.0 Å². The molecule has 1 heterocycles. The summed E-state index contributed by atoms with van der Waals surface area (Å²) in [5.41, 5.74) is 0.721. The number of carbonyl (C=O) groups excluding carboxylic acids is 2. The summed E-state index contributed by atoms with van der Waals surface area (Å²) in [5, 5.41) is 9.26. The number of hydrogen-bond acceptors (Lipinski definition) is 5. The van der Waals surface area contributed by atoms with Gasteiger partial charge < -0.3 is 15.2 Å². The molecular weight excluding hydrogens is 351 g/mol. The first-order valence-corrected chi connectivity index (χ1v) is 9.25. The standard InChI is InChI=1S/C19H23FN4O3/c20-15-8-6-13(7-9-15)12-16(25)21-10-11-22-18(26)19-23-17(24-27-19)14-4-2-1-3-5-14/h6-9,14H,1-5,10-12H2,(H,21,25)(H,22,26). The SMILES string of the molecule is O=C(Cc1ccc(F)cc1)NCCNC(=O)c1nc(C2CCCCC2)no1. The lowest BCUT2D eigenvalue weighted by Crippen LogP contribution is -2.35. The zero-order valence-electron chi connectivity index (χ0n) is 15.0. The van der Waals surface area contributed by atoms with Crippen molar-refractivity contribution in [2.24, 2.45) is 0 Å². The molecule has 0 bridgehead atoms. The van der Waals surface area contributed by atoms with Crippen molar-refractivity contribution >= 4 is 11.8 Å². The topological polar surface area (TPSA) is 97.1 Å². The number of aromatic nitrogens is 2. The van der Waals surface area contributed by atoms with Gasteiger partial charge in [-0.25, -0.2) is 4.39 Å². The summed E-state index contributed by atoms with van der Waals surface area (Å²) in [5.74, 6) is -0.157. The highest BCUT2D eigenvalue weighted by atomic mass is 19.1. The van der Waals surface area contributed by atoms with E-state index in [4.69, 9.17) is 4.52 Å². The third-order valence-electron chi connectivity index (χ3n) is 4.62. The van der Waals surface area contributed by atoms with Crippen molar-refractivity contribution in [3.8, 4) is 0 Å². The molecule has 2 aromatic rings. The predicted molar refractivity (Wildman–Crippen MR) is 95.6 cm³/mol. The molecular formula is C19H23FN4O3. The van der Waals surface area contributed by atoms with E-state index in [9.17, 15) is 14.0 Å². The number of nitrogens with zero attached hydrogens (tertiary/aromatic N) is 2. The molecule has 1 fully saturated rings. The van der Waals surface area contributed by atoms with E-state index in [0.717, 1.165) is 31.2 Å². The van der Waals surface area contributed by atoms with Crippen LogP contribution in [0, 0.1) is 5.82 Å². The molecule has 0 aliphatic heterocycles. The molecule has 0 unspecified atom stereocenters. The second-order valence-electron chi connectivity index (χ2n) is 6.70. The predicted octanol–water partition coefficient (Wildman–Crippen LogP) is 2.35. The number of nitrogens with one attached hydrogen (secondary N) is 2. The lowest BCUT2D eigenvalue weighted by molar-refractivity contribution is -0.120. The largest absolute Gasteiger partial charge is 0.354 e. The summed E-state index contributed by atoms with van der Waals surface area (Å²) < 4.78 is 17.9. The molecule has 2 N–H and O–H groups in total. The molecule has 0 spiro atoms. The molecule has 0 atom stereocenters. The summed E-state index contributed by atoms with van der Waals surface area (Å²) in [4.78, 5) is 28.1. The average molecular weight is 374 g/mol. The quantitative estimate of drug-likeness (QED) is 0.725. The Bertz CT molecular complexity index is 770. The smallest absolute Gasteiger partial charge is 0.315 e. The minimum Gasteiger partial charge on any atom is -0.354 e. The summed E-state index contributed by atoms with van der Waals surface area (Å²) in [6.07, 6.45) is 5.75. The molecule has 144 valence electrons. The van der Waals surface area contributed by atoms with E-state index in [0.29, 0.717) is 5.82 Å². The first-order valence-electron chi connectivity index (χ1n) is 9.25. The molecule has 3 rings (SSSR count). The Labute approximate surface area is 156 Å². The molecule has 8 heteroatoms. The fourth-order valence-electron chi connectivity index (χ4n) is 3.16. The lowest BCUT2D eigenvalue weighted by atomic mass is 9.89. The zero-order chi connectivity index (χ0) is 19.1. The Morgan fingerprint density at radius 1 is 1.07 bits per heavy atom. The average Bonchev–Trinajstić information content (AvgIpc) is 3.18. The van der Waals surface area contributed by atoms with Crippen LogP contribution in [0.25, 0.3) is 0 Å². The molecule has 2 amide bonds. The molecule has 1 aliphatic rings. The summed E-state index contributed by atoms with van der Waals surface area (Å²) in [7, 11) is 0. The maximum Gasteiger partial charge on any atom is 0.315 e. The van der Waals surface area contributed by atoms with Crippen LogP contribution < -0.4 is 10.6 Å². The van der Waals surface area contributed by atoms with Crippen LogP contribution >= 0.6 is 0 Å². The number of hydrogen-bond donors (Lipinski definition) is 2. The van der Waals surface area contributed by atoms with E-state index in [1.54, 1.807) is 12.1 Å². The van der Waals surface area contributed by atoms with Crippen molar-refractivity contribution in [2.75, 3.05) is 13.1 Å². The van der Waals surface area contributed by atoms with Crippen LogP contribution in [0.1, 0.15) is 60.1 Å². The number of amides is 2. The number of carbonyl (C=O) groups is 2. The normalized spacial score (nSPS) is 14.7. The van der Waals surface area contributed by atoms with Crippen molar-refractivity contribution in [1.29, 1.82) is 0 Å². The third-order valence-corrected chi connectivity index (χ3v) is 4.62. The van der Waals surface area contributed by atoms with Crippen LogP contribution in [0.15, 0.2) is 28.8 Å². The van der Waals surface area contributed by atoms with Crippen LogP contribution in [0.4, 0.5) is 4.39 Å². The van der Waals surface area contributed by atoms with Crippen molar-refractivity contribution in [3.63, 3.8) is 0 Å². The fourth-order valence-corrected chi connectivity index (χ4v) is 3.16. The van der Waals surface area contributed by atoms with Gasteiger partial charge in [0.15, 0.2) is 5.82 Å². The molecule has 1 aromatic heterocycles. The van der Waals surface area contributed by atoms with Gasteiger partial charge in [0.05, 0.1) is 6.42 Å². The lowest BCUT2D eigenvalue weighted by Gasteiger charge is -2.17. The zero-order valence-corrected chi connectivity index (χ0v) is 15.0. The van der Waals surface area contributed by atoms with E-state index in [-0.39, 0.29) is 43.0 Å². The van der Waals surface area contributed by atoms with Gasteiger partial charge in [-0.05, 0) is 30.5 Å². The van der Waals surface area contributed by atoms with Gasteiger partial charge >= 0.3 is 11.8 Å². The fraction of sp³-hybridized carbons (Fsp3) is 0.474. The summed E-state index contributed by atoms with van der Waals surface area (Å²) >= 11 is 0. The van der Waals surface area contributed by atoms with E-state index in [1.807, 2.05) is 0 Å². The molecule has 7 nitrogen and oxygen atoms in total. The molecule has 27 heavy (non-hydrogen) atoms. The molecule has 0 saturated heterocycles. The highest BCUT2D eigenvalue weighted by Crippen LogP contribution is 2.30. The minimum absolute atomic E-state index is 0.0480. The van der Waals surface area contributed by atoms with Crippen molar-refractivity contribution < 1.29 is 18.5 Å². The summed E-state index contributed by atoms with van der Waals surface area (Å²) in [6.45, 7) is 0.518. The highest BCUT2D eigenvalue weighted by Gasteiger charge is 2.23. The Morgan fingerprint density at radius 3 is 2.52 bits per heavy atom. The Morgan fingerprint density at radius 2 is 1.78 bits per heavy atom. The van der Waals surface area contributed by atoms with Gasteiger partial charge in [-0.2, -0.15) is 4.98 Å². The monoisotopic (exact) mass is 374 g/mol. The van der Waals surface area contributed by atoms with Crippen LogP contribution in [-0.4, -0.2) is 35.0 Å². The van der Waals surface area contributed by atoms with Gasteiger partial charge in [-0.15, -0.1) is 0 Å². The number of rotatable bonds is 7. The van der Waals surface area contributed by atoms with E-state index in [2.05, 4.69) is 20.8 Å². The van der Waals surface area contributed by atoms with E-state index in [1.165, 1.54) is 18.6 Å². The molecule has 1 aromatic carbocycles. The van der Waals surface area contributed by atoms with Gasteiger partial charge in [0.2, 0.25) is 5.91 Å². The molecule has 1 aliphatic carbocycles. The van der Waals surface area contributed by atoms with E-state index < -0.39 is 5.91 Å². The van der Waals surface area contributed by atoms with E-state index >= 15 is 0 Å². The maximum absolute atomic E-state index is 12.8. The van der Waals surface area contributed by atoms with Gasteiger partial charge in [0.1, 0.15) is 5.82 Å². The van der Waals surface area contributed by atoms with Crippen LogP contribution in [-0.2, 0) is 11.2 Å². The second kappa shape index (κ2) is 9.25. The Kier molecular flexibility index (Phi) is 6.51. The van der Waals surface area contributed by atoms with Crippen molar-refractivity contribution in [3.05, 3.63) is 47.4 Å². The van der Waals surface area contributed by atoms with Gasteiger partial charge in [0.25, 0.3) is 0 Å². The molecule has 0 radical (unpaired) electrons. The summed E-state index contributed by atoms with van der Waals surface area (Å²) in [6, 6.07) is 5.76. The third kappa shape index (κ3) is 5.60. The second-order valence-corrected chi connectivity index (χ2v) is 6.70. The van der Waals surface area contributed by atoms with Crippen LogP contribution in [0.5, 0.6) is 0 Å². The maximum atomic E-state index is 12.8. The van der Waals surface area contributed by atoms with Crippen molar-refractivity contribution in [2.45, 2.75) is 44.4 Å². The number of benzene rings is 1. The Hall–Kier alpha value is -2.77. The Balaban J connectivity index is 1.37. The first-order chi connectivity index (χ1) is 13.1. The minimum atomic E-state index is -0.447. The molecule has 1 saturated carbocycles. The van der Waals surface area contributed by atoms with Gasteiger partial charge in [-0.1, -0.05) is 36.6 Å². The number of halogens is 1. The van der Waals surface area contributed by atoms with Crippen molar-refractivity contribution in [1.82, 2.24) is 20.8 Å². The van der Waals surface area contributed by atoms with Gasteiger partial charge in [-0.3, -0.25) is 9.59 Å². The van der Waals surface area contributed by atoms with Crippen LogP contribution in [0.3, 0.4) is 0 Å². The highest BCUT2D eigenvalue weighted by molar-refractivity contribution is 5.89. The first kappa shape index (κ1) is 19.0.